The van der Waals surface area contributed by atoms with Gasteiger partial charge in [0, 0.05) is 11.7 Å². The Morgan fingerprint density at radius 3 is 2.55 bits per heavy atom. The molecule has 1 N–H and O–H groups in total. The molecule has 0 fully saturated rings. The van der Waals surface area contributed by atoms with Crippen molar-refractivity contribution in [2.24, 2.45) is 0 Å². The van der Waals surface area contributed by atoms with Gasteiger partial charge < -0.3 is 5.32 Å². The first-order chi connectivity index (χ1) is 9.39. The molecular weight excluding hydrogens is 248 g/mol. The number of para-hydroxylation sites is 1. The van der Waals surface area contributed by atoms with E-state index in [1.54, 1.807) is 6.33 Å². The second kappa shape index (κ2) is 5.65. The molecule has 0 amide bonds. The molecule has 1 aromatic carbocycles. The van der Waals surface area contributed by atoms with Gasteiger partial charge in [-0.15, -0.1) is 0 Å². The van der Waals surface area contributed by atoms with Crippen LogP contribution in [0.2, 0.25) is 0 Å². The van der Waals surface area contributed by atoms with Crippen LogP contribution < -0.4 is 5.32 Å². The molecule has 2 rings (SSSR count). The molecule has 0 saturated heterocycles. The van der Waals surface area contributed by atoms with Gasteiger partial charge in [-0.1, -0.05) is 39.0 Å². The number of rotatable bonds is 4. The van der Waals surface area contributed by atoms with Crippen LogP contribution in [0.15, 0.2) is 30.6 Å². The zero-order chi connectivity index (χ0) is 14.8. The molecule has 108 valence electrons. The Morgan fingerprint density at radius 2 is 1.90 bits per heavy atom. The van der Waals surface area contributed by atoms with Crippen molar-refractivity contribution in [1.29, 1.82) is 0 Å². The predicted octanol–water partition coefficient (Wildman–Crippen LogP) is 3.77. The summed E-state index contributed by atoms with van der Waals surface area (Å²) in [5.74, 6) is 0.962. The van der Waals surface area contributed by atoms with Gasteiger partial charge >= 0.3 is 0 Å². The summed E-state index contributed by atoms with van der Waals surface area (Å²) in [6.07, 6.45) is 1.62. The van der Waals surface area contributed by atoms with E-state index >= 15 is 0 Å². The summed E-state index contributed by atoms with van der Waals surface area (Å²) in [5, 5.41) is 7.76. The summed E-state index contributed by atoms with van der Waals surface area (Å²) in [6, 6.07) is 8.77. The van der Waals surface area contributed by atoms with Crippen LogP contribution in [0.1, 0.15) is 52.0 Å². The van der Waals surface area contributed by atoms with Gasteiger partial charge in [0.05, 0.1) is 6.54 Å². The van der Waals surface area contributed by atoms with Gasteiger partial charge in [0.15, 0.2) is 0 Å². The lowest BCUT2D eigenvalue weighted by Crippen LogP contribution is -2.16. The third-order valence-corrected chi connectivity index (χ3v) is 3.31. The van der Waals surface area contributed by atoms with E-state index < -0.39 is 0 Å². The van der Waals surface area contributed by atoms with E-state index in [2.05, 4.69) is 74.3 Å². The minimum absolute atomic E-state index is 0.120. The summed E-state index contributed by atoms with van der Waals surface area (Å²) < 4.78 is 1.95. The highest BCUT2D eigenvalue weighted by molar-refractivity contribution is 5.54. The zero-order valence-electron chi connectivity index (χ0n) is 13.0. The van der Waals surface area contributed by atoms with E-state index in [1.807, 2.05) is 4.68 Å². The number of hydrogen-bond donors (Lipinski definition) is 1. The normalized spacial score (nSPS) is 11.9. The molecular formula is C16H24N4. The monoisotopic (exact) mass is 272 g/mol. The summed E-state index contributed by atoms with van der Waals surface area (Å²) in [7, 11) is 0. The SMILES string of the molecule is CC(C)n1ncnc1CNc1ccccc1C(C)(C)C. The Bertz CT molecular complexity index is 564. The summed E-state index contributed by atoms with van der Waals surface area (Å²) in [4.78, 5) is 4.33. The van der Waals surface area contributed by atoms with Gasteiger partial charge in [-0.25, -0.2) is 9.67 Å². The van der Waals surface area contributed by atoms with Crippen molar-refractivity contribution < 1.29 is 0 Å². The number of nitrogens with zero attached hydrogens (tertiary/aromatic N) is 3. The Morgan fingerprint density at radius 1 is 1.20 bits per heavy atom. The molecule has 0 atom stereocenters. The highest BCUT2D eigenvalue weighted by Crippen LogP contribution is 2.29. The maximum absolute atomic E-state index is 4.33. The summed E-state index contributed by atoms with van der Waals surface area (Å²) in [5.41, 5.74) is 2.60. The first kappa shape index (κ1) is 14.6. The molecule has 0 radical (unpaired) electrons. The van der Waals surface area contributed by atoms with E-state index in [-0.39, 0.29) is 5.41 Å². The molecule has 4 nitrogen and oxygen atoms in total. The smallest absolute Gasteiger partial charge is 0.146 e. The lowest BCUT2D eigenvalue weighted by Gasteiger charge is -2.23. The Labute approximate surface area is 121 Å². The number of aromatic nitrogens is 3. The van der Waals surface area contributed by atoms with Crippen LogP contribution in [0.3, 0.4) is 0 Å². The molecule has 0 aliphatic carbocycles. The summed E-state index contributed by atoms with van der Waals surface area (Å²) >= 11 is 0. The van der Waals surface area contributed by atoms with Crippen molar-refractivity contribution in [3.8, 4) is 0 Å². The highest BCUT2D eigenvalue weighted by Gasteiger charge is 2.17. The van der Waals surface area contributed by atoms with Crippen LogP contribution >= 0.6 is 0 Å². The fourth-order valence-corrected chi connectivity index (χ4v) is 2.30. The van der Waals surface area contributed by atoms with Crippen LogP contribution in [0, 0.1) is 0 Å². The number of nitrogens with one attached hydrogen (secondary N) is 1. The van der Waals surface area contributed by atoms with E-state index in [0.29, 0.717) is 12.6 Å². The lowest BCUT2D eigenvalue weighted by atomic mass is 9.86. The molecule has 0 bridgehead atoms. The third kappa shape index (κ3) is 3.18. The zero-order valence-corrected chi connectivity index (χ0v) is 13.0. The van der Waals surface area contributed by atoms with Crippen LogP contribution in [0.25, 0.3) is 0 Å². The van der Waals surface area contributed by atoms with Gasteiger partial charge in [-0.3, -0.25) is 0 Å². The minimum Gasteiger partial charge on any atom is -0.378 e. The number of anilines is 1. The first-order valence-corrected chi connectivity index (χ1v) is 7.11. The average Bonchev–Trinajstić information content (AvgIpc) is 2.84. The van der Waals surface area contributed by atoms with Crippen LogP contribution in [-0.4, -0.2) is 14.8 Å². The Balaban J connectivity index is 2.18. The molecule has 0 aliphatic heterocycles. The summed E-state index contributed by atoms with van der Waals surface area (Å²) in [6.45, 7) is 11.6. The van der Waals surface area contributed by atoms with Crippen molar-refractivity contribution in [2.75, 3.05) is 5.32 Å². The Hall–Kier alpha value is -1.84. The van der Waals surface area contributed by atoms with E-state index in [1.165, 1.54) is 11.3 Å². The van der Waals surface area contributed by atoms with Crippen molar-refractivity contribution in [3.05, 3.63) is 42.0 Å². The predicted molar refractivity (Wildman–Crippen MR) is 82.9 cm³/mol. The van der Waals surface area contributed by atoms with Crippen molar-refractivity contribution in [3.63, 3.8) is 0 Å². The van der Waals surface area contributed by atoms with Gasteiger partial charge in [0.1, 0.15) is 12.2 Å². The molecule has 0 unspecified atom stereocenters. The molecule has 4 heteroatoms. The standard InChI is InChI=1S/C16H24N4/c1-12(2)20-15(18-11-19-20)10-17-14-9-7-6-8-13(14)16(3,4)5/h6-9,11-12,17H,10H2,1-5H3. The van der Waals surface area contributed by atoms with Crippen LogP contribution in [-0.2, 0) is 12.0 Å². The fraction of sp³-hybridized carbons (Fsp3) is 0.500. The van der Waals surface area contributed by atoms with Crippen molar-refractivity contribution in [2.45, 2.75) is 52.6 Å². The van der Waals surface area contributed by atoms with E-state index in [4.69, 9.17) is 0 Å². The lowest BCUT2D eigenvalue weighted by molar-refractivity contribution is 0.508. The maximum atomic E-state index is 4.33. The second-order valence-corrected chi connectivity index (χ2v) is 6.36. The largest absolute Gasteiger partial charge is 0.378 e. The van der Waals surface area contributed by atoms with Gasteiger partial charge in [-0.2, -0.15) is 5.10 Å². The third-order valence-electron chi connectivity index (χ3n) is 3.31. The molecule has 2 aromatic rings. The first-order valence-electron chi connectivity index (χ1n) is 7.11. The van der Waals surface area contributed by atoms with E-state index in [9.17, 15) is 0 Å². The maximum Gasteiger partial charge on any atom is 0.146 e. The molecule has 1 heterocycles. The molecule has 0 saturated carbocycles. The van der Waals surface area contributed by atoms with Crippen molar-refractivity contribution >= 4 is 5.69 Å². The topological polar surface area (TPSA) is 42.7 Å². The quantitative estimate of drug-likeness (QED) is 0.921. The highest BCUT2D eigenvalue weighted by atomic mass is 15.4. The second-order valence-electron chi connectivity index (χ2n) is 6.36. The molecule has 0 aliphatic rings. The average molecular weight is 272 g/mol. The van der Waals surface area contributed by atoms with Gasteiger partial charge in [0.25, 0.3) is 0 Å². The van der Waals surface area contributed by atoms with Crippen LogP contribution in [0.4, 0.5) is 5.69 Å². The number of hydrogen-bond acceptors (Lipinski definition) is 3. The van der Waals surface area contributed by atoms with Crippen LogP contribution in [0.5, 0.6) is 0 Å². The molecule has 0 spiro atoms. The molecule has 20 heavy (non-hydrogen) atoms. The van der Waals surface area contributed by atoms with Crippen molar-refractivity contribution in [1.82, 2.24) is 14.8 Å². The van der Waals surface area contributed by atoms with Gasteiger partial charge in [0.2, 0.25) is 0 Å². The fourth-order valence-electron chi connectivity index (χ4n) is 2.30. The molecule has 1 aromatic heterocycles. The van der Waals surface area contributed by atoms with E-state index in [0.717, 1.165) is 5.82 Å². The minimum atomic E-state index is 0.120. The number of benzene rings is 1. The van der Waals surface area contributed by atoms with Gasteiger partial charge in [-0.05, 0) is 30.9 Å². The Kier molecular flexibility index (Phi) is 4.12.